The van der Waals surface area contributed by atoms with Crippen LogP contribution in [0.15, 0.2) is 24.3 Å². The predicted molar refractivity (Wildman–Crippen MR) is 150 cm³/mol. The SMILES string of the molecule is CCCCCCCCCCCCOc1ccc(CCCC(COP(=O)(O)OCC[NH2+]C)CC(C)=O)cc1. The van der Waals surface area contributed by atoms with Crippen molar-refractivity contribution in [1.29, 1.82) is 0 Å². The van der Waals surface area contributed by atoms with E-state index in [0.29, 0.717) is 13.0 Å². The number of Topliss-reactive ketones (excluding diaryl/α,β-unsaturated/α-hetero) is 1. The molecule has 1 aromatic carbocycles. The fourth-order valence-corrected chi connectivity index (χ4v) is 5.11. The minimum absolute atomic E-state index is 0.0366. The summed E-state index contributed by atoms with van der Waals surface area (Å²) in [6.07, 6.45) is 16.0. The lowest BCUT2D eigenvalue weighted by molar-refractivity contribution is -0.627. The summed E-state index contributed by atoms with van der Waals surface area (Å²) in [5, 5.41) is 1.86. The van der Waals surface area contributed by atoms with E-state index in [1.807, 2.05) is 24.5 Å². The molecule has 0 saturated heterocycles. The van der Waals surface area contributed by atoms with Crippen molar-refractivity contribution < 1.29 is 33.4 Å². The fraction of sp³-hybridized carbons (Fsp3) is 0.759. The molecule has 0 amide bonds. The Bertz CT molecular complexity index is 742. The molecule has 0 heterocycles. The van der Waals surface area contributed by atoms with Gasteiger partial charge in [-0.1, -0.05) is 76.8 Å². The van der Waals surface area contributed by atoms with Gasteiger partial charge in [0, 0.05) is 6.42 Å². The van der Waals surface area contributed by atoms with Crippen LogP contribution < -0.4 is 10.1 Å². The smallest absolute Gasteiger partial charge is 0.472 e. The Balaban J connectivity index is 2.23. The van der Waals surface area contributed by atoms with E-state index in [4.69, 9.17) is 13.8 Å². The largest absolute Gasteiger partial charge is 0.494 e. The van der Waals surface area contributed by atoms with E-state index in [9.17, 15) is 14.3 Å². The van der Waals surface area contributed by atoms with Crippen LogP contribution in [0.2, 0.25) is 0 Å². The summed E-state index contributed by atoms with van der Waals surface area (Å²) in [5.74, 6) is 0.844. The average Bonchev–Trinajstić information content (AvgIpc) is 2.86. The summed E-state index contributed by atoms with van der Waals surface area (Å²) in [4.78, 5) is 21.5. The number of carbonyl (C=O) groups is 1. The Morgan fingerprint density at radius 1 is 0.919 bits per heavy atom. The molecular formula is C29H53NO6P+. The molecule has 0 spiro atoms. The van der Waals surface area contributed by atoms with Gasteiger partial charge in [-0.05, 0) is 56.2 Å². The number of rotatable bonds is 25. The van der Waals surface area contributed by atoms with Crippen LogP contribution in [0.1, 0.15) is 103 Å². The number of carbonyl (C=O) groups excluding carboxylic acids is 1. The molecule has 3 N–H and O–H groups in total. The number of ketones is 1. The van der Waals surface area contributed by atoms with Gasteiger partial charge in [0.05, 0.1) is 26.8 Å². The molecule has 0 fully saturated rings. The third kappa shape index (κ3) is 19.5. The zero-order chi connectivity index (χ0) is 27.2. The van der Waals surface area contributed by atoms with E-state index in [1.165, 1.54) is 70.3 Å². The highest BCUT2D eigenvalue weighted by Gasteiger charge is 2.24. The number of phosphoric ester groups is 1. The second-order valence-electron chi connectivity index (χ2n) is 10.1. The topological polar surface area (TPSA) is 98.7 Å². The van der Waals surface area contributed by atoms with Gasteiger partial charge in [0.2, 0.25) is 0 Å². The Morgan fingerprint density at radius 2 is 1.54 bits per heavy atom. The van der Waals surface area contributed by atoms with Crippen molar-refractivity contribution in [2.75, 3.05) is 33.4 Å². The molecule has 0 bridgehead atoms. The van der Waals surface area contributed by atoms with E-state index >= 15 is 0 Å². The predicted octanol–water partition coefficient (Wildman–Crippen LogP) is 6.23. The van der Waals surface area contributed by atoms with Crippen molar-refractivity contribution in [3.63, 3.8) is 0 Å². The molecule has 0 aromatic heterocycles. The zero-order valence-corrected chi connectivity index (χ0v) is 24.5. The highest BCUT2D eigenvalue weighted by atomic mass is 31.2. The minimum atomic E-state index is -4.09. The molecule has 214 valence electrons. The monoisotopic (exact) mass is 542 g/mol. The van der Waals surface area contributed by atoms with Crippen molar-refractivity contribution in [2.24, 2.45) is 5.92 Å². The lowest BCUT2D eigenvalue weighted by Gasteiger charge is -2.18. The van der Waals surface area contributed by atoms with E-state index in [0.717, 1.165) is 38.0 Å². The third-order valence-corrected chi connectivity index (χ3v) is 7.46. The van der Waals surface area contributed by atoms with Gasteiger partial charge in [0.15, 0.2) is 0 Å². The maximum Gasteiger partial charge on any atom is 0.472 e. The number of aryl methyl sites for hydroxylation is 1. The third-order valence-electron chi connectivity index (χ3n) is 6.48. The lowest BCUT2D eigenvalue weighted by atomic mass is 9.96. The van der Waals surface area contributed by atoms with Crippen LogP contribution in [-0.2, 0) is 24.8 Å². The van der Waals surface area contributed by atoms with Crippen LogP contribution in [0.25, 0.3) is 0 Å². The maximum atomic E-state index is 12.0. The van der Waals surface area contributed by atoms with Crippen molar-refractivity contribution in [1.82, 2.24) is 0 Å². The van der Waals surface area contributed by atoms with Crippen LogP contribution in [0.5, 0.6) is 5.75 Å². The average molecular weight is 543 g/mol. The summed E-state index contributed by atoms with van der Waals surface area (Å²) in [7, 11) is -2.23. The van der Waals surface area contributed by atoms with Crippen molar-refractivity contribution in [3.8, 4) is 5.75 Å². The molecule has 2 atom stereocenters. The number of hydrogen-bond acceptors (Lipinski definition) is 5. The van der Waals surface area contributed by atoms with Crippen LogP contribution in [0, 0.1) is 5.92 Å². The number of unbranched alkanes of at least 4 members (excludes halogenated alkanes) is 9. The summed E-state index contributed by atoms with van der Waals surface area (Å²) in [6, 6.07) is 8.22. The normalized spacial score (nSPS) is 13.8. The molecule has 8 heteroatoms. The molecule has 1 aromatic rings. The first kappa shape index (κ1) is 33.8. The number of phosphoric acid groups is 1. The number of ether oxygens (including phenoxy) is 1. The fourth-order valence-electron chi connectivity index (χ4n) is 4.30. The molecule has 0 aliphatic carbocycles. The van der Waals surface area contributed by atoms with Crippen LogP contribution in [0.4, 0.5) is 0 Å². The second kappa shape index (κ2) is 21.7. The summed E-state index contributed by atoms with van der Waals surface area (Å²) < 4.78 is 28.0. The van der Waals surface area contributed by atoms with Gasteiger partial charge in [-0.15, -0.1) is 0 Å². The number of nitrogens with two attached hydrogens (primary N) is 1. The van der Waals surface area contributed by atoms with Crippen LogP contribution in [-0.4, -0.2) is 44.1 Å². The van der Waals surface area contributed by atoms with Gasteiger partial charge in [-0.3, -0.25) is 9.05 Å². The van der Waals surface area contributed by atoms with Gasteiger partial charge in [0.1, 0.15) is 18.1 Å². The van der Waals surface area contributed by atoms with Crippen LogP contribution in [0.3, 0.4) is 0 Å². The Hall–Kier alpha value is -1.24. The molecule has 1 rings (SSSR count). The molecule has 37 heavy (non-hydrogen) atoms. The molecule has 7 nitrogen and oxygen atoms in total. The lowest BCUT2D eigenvalue weighted by Crippen LogP contribution is -2.80. The van der Waals surface area contributed by atoms with Crippen molar-refractivity contribution in [3.05, 3.63) is 29.8 Å². The van der Waals surface area contributed by atoms with Gasteiger partial charge in [-0.25, -0.2) is 4.57 Å². The Labute approximate surface area is 225 Å². The standard InChI is InChI=1S/C29H52NO6P/c1-4-5-6-7-8-9-10-11-12-13-22-34-29-19-17-27(18-20-29)15-14-16-28(24-26(2)31)25-36-37(32,33)35-23-21-30-3/h17-20,28,30H,4-16,21-25H2,1-3H3,(H,32,33)/p+1. The first-order valence-electron chi connectivity index (χ1n) is 14.5. The molecule has 0 aliphatic rings. The van der Waals surface area contributed by atoms with Gasteiger partial charge in [-0.2, -0.15) is 0 Å². The van der Waals surface area contributed by atoms with E-state index in [1.54, 1.807) is 0 Å². The van der Waals surface area contributed by atoms with E-state index in [2.05, 4.69) is 19.1 Å². The first-order valence-corrected chi connectivity index (χ1v) is 16.0. The summed E-state index contributed by atoms with van der Waals surface area (Å²) in [5.41, 5.74) is 1.21. The highest BCUT2D eigenvalue weighted by molar-refractivity contribution is 7.47. The van der Waals surface area contributed by atoms with Gasteiger partial charge >= 0.3 is 7.82 Å². The maximum absolute atomic E-state index is 12.0. The number of benzene rings is 1. The van der Waals surface area contributed by atoms with Crippen LogP contribution >= 0.6 is 7.82 Å². The highest BCUT2D eigenvalue weighted by Crippen LogP contribution is 2.43. The Kier molecular flexibility index (Phi) is 19.8. The molecule has 2 unspecified atom stereocenters. The van der Waals surface area contributed by atoms with Crippen molar-refractivity contribution in [2.45, 2.75) is 104 Å². The molecule has 0 radical (unpaired) electrons. The van der Waals surface area contributed by atoms with E-state index in [-0.39, 0.29) is 24.9 Å². The molecule has 0 saturated carbocycles. The number of likely N-dealkylation sites (N-methyl/N-ethyl adjacent to an activating group) is 1. The summed E-state index contributed by atoms with van der Waals surface area (Å²) in [6.45, 7) is 5.31. The second-order valence-corrected chi connectivity index (χ2v) is 11.6. The number of hydrogen-bond donors (Lipinski definition) is 2. The Morgan fingerprint density at radius 3 is 2.14 bits per heavy atom. The summed E-state index contributed by atoms with van der Waals surface area (Å²) >= 11 is 0. The molecular weight excluding hydrogens is 489 g/mol. The quantitative estimate of drug-likeness (QED) is 0.112. The van der Waals surface area contributed by atoms with E-state index < -0.39 is 7.82 Å². The van der Waals surface area contributed by atoms with Gasteiger partial charge < -0.3 is 19.7 Å². The minimum Gasteiger partial charge on any atom is -0.494 e. The first-order chi connectivity index (χ1) is 17.9. The van der Waals surface area contributed by atoms with Crippen molar-refractivity contribution >= 4 is 13.6 Å². The van der Waals surface area contributed by atoms with Gasteiger partial charge in [0.25, 0.3) is 0 Å². The molecule has 0 aliphatic heterocycles. The number of quaternary nitrogens is 1. The zero-order valence-electron chi connectivity index (χ0n) is 23.6.